The number of likely N-dealkylation sites (tertiary alicyclic amines) is 1. The van der Waals surface area contributed by atoms with Gasteiger partial charge in [-0.2, -0.15) is 0 Å². The van der Waals surface area contributed by atoms with E-state index in [1.807, 2.05) is 0 Å². The third-order valence-electron chi connectivity index (χ3n) is 10.1. The topological polar surface area (TPSA) is 32.3 Å². The van der Waals surface area contributed by atoms with Gasteiger partial charge in [-0.05, 0) is 77.6 Å². The summed E-state index contributed by atoms with van der Waals surface area (Å²) in [4.78, 5) is 17.3. The van der Waals surface area contributed by atoms with Crippen molar-refractivity contribution in [3.05, 3.63) is 119 Å². The Morgan fingerprint density at radius 2 is 1.07 bits per heavy atom. The summed E-state index contributed by atoms with van der Waals surface area (Å²) in [6, 6.07) is 36.1. The molecule has 2 unspecified atom stereocenters. The number of carbonyl (C=O) groups excluding carboxylic acids is 1. The first kappa shape index (κ1) is 26.2. The summed E-state index contributed by atoms with van der Waals surface area (Å²) in [5.41, 5.74) is 10.1. The number of rotatable bonds is 7. The molecule has 1 N–H and O–H groups in total. The molecule has 0 spiro atoms. The summed E-state index contributed by atoms with van der Waals surface area (Å²) in [5, 5.41) is 3.46. The maximum atomic E-state index is 14.6. The minimum absolute atomic E-state index is 0.00579. The van der Waals surface area contributed by atoms with Crippen molar-refractivity contribution < 1.29 is 4.79 Å². The Bertz CT molecular complexity index is 1380. The van der Waals surface area contributed by atoms with Crippen LogP contribution in [-0.2, 0) is 4.79 Å². The van der Waals surface area contributed by atoms with E-state index < -0.39 is 0 Å². The predicted octanol–water partition coefficient (Wildman–Crippen LogP) is 8.00. The van der Waals surface area contributed by atoms with E-state index in [0.29, 0.717) is 18.6 Å². The van der Waals surface area contributed by atoms with E-state index in [9.17, 15) is 4.79 Å². The SMILES string of the molecule is CC1CCCC(C)N1CCCNC(=O)C(C1c2ccccc2-c2ccccc21)C1c2ccccc2-c2ccccc21. The lowest BCUT2D eigenvalue weighted by molar-refractivity contribution is -0.125. The Morgan fingerprint density at radius 1 is 0.683 bits per heavy atom. The molecule has 3 aliphatic rings. The molecule has 3 nitrogen and oxygen atoms in total. The lowest BCUT2D eigenvalue weighted by Crippen LogP contribution is -2.45. The van der Waals surface area contributed by atoms with Crippen molar-refractivity contribution in [2.45, 2.75) is 63.5 Å². The van der Waals surface area contributed by atoms with Crippen molar-refractivity contribution in [3.8, 4) is 22.3 Å². The van der Waals surface area contributed by atoms with Crippen LogP contribution in [0.4, 0.5) is 0 Å². The highest BCUT2D eigenvalue weighted by Gasteiger charge is 2.46. The van der Waals surface area contributed by atoms with Gasteiger partial charge < -0.3 is 5.32 Å². The molecule has 4 aromatic rings. The Labute approximate surface area is 244 Å². The molecule has 4 aromatic carbocycles. The molecule has 0 bridgehead atoms. The van der Waals surface area contributed by atoms with Crippen LogP contribution in [0, 0.1) is 5.92 Å². The predicted molar refractivity (Wildman–Crippen MR) is 168 cm³/mol. The number of amides is 1. The van der Waals surface area contributed by atoms with Crippen LogP contribution >= 0.6 is 0 Å². The van der Waals surface area contributed by atoms with Gasteiger partial charge in [-0.25, -0.2) is 0 Å². The molecule has 208 valence electrons. The summed E-state index contributed by atoms with van der Waals surface area (Å²) in [6.07, 6.45) is 4.86. The Hall–Kier alpha value is -3.69. The highest BCUT2D eigenvalue weighted by atomic mass is 16.1. The summed E-state index contributed by atoms with van der Waals surface area (Å²) in [5.74, 6) is -0.0994. The van der Waals surface area contributed by atoms with E-state index in [1.165, 1.54) is 63.8 Å². The van der Waals surface area contributed by atoms with Crippen molar-refractivity contribution in [2.24, 2.45) is 5.92 Å². The number of hydrogen-bond donors (Lipinski definition) is 1. The van der Waals surface area contributed by atoms with Gasteiger partial charge in [0.05, 0.1) is 5.92 Å². The third kappa shape index (κ3) is 4.51. The molecule has 0 radical (unpaired) electrons. The van der Waals surface area contributed by atoms with Crippen LogP contribution in [0.15, 0.2) is 97.1 Å². The van der Waals surface area contributed by atoms with Crippen molar-refractivity contribution >= 4 is 5.91 Å². The number of nitrogens with one attached hydrogen (secondary N) is 1. The van der Waals surface area contributed by atoms with Gasteiger partial charge in [-0.3, -0.25) is 9.69 Å². The van der Waals surface area contributed by atoms with Gasteiger partial charge >= 0.3 is 0 Å². The zero-order valence-corrected chi connectivity index (χ0v) is 24.2. The van der Waals surface area contributed by atoms with E-state index in [-0.39, 0.29) is 23.7 Å². The van der Waals surface area contributed by atoms with Gasteiger partial charge in [0.15, 0.2) is 0 Å². The molecule has 7 rings (SSSR count). The molecular formula is C38H40N2O. The molecule has 3 heteroatoms. The summed E-state index contributed by atoms with van der Waals surface area (Å²) in [7, 11) is 0. The van der Waals surface area contributed by atoms with Gasteiger partial charge in [0, 0.05) is 37.0 Å². The largest absolute Gasteiger partial charge is 0.356 e. The quantitative estimate of drug-likeness (QED) is 0.241. The molecule has 1 amide bonds. The Kier molecular flexibility index (Phi) is 7.00. The molecule has 1 aliphatic heterocycles. The smallest absolute Gasteiger partial charge is 0.225 e. The monoisotopic (exact) mass is 540 g/mol. The summed E-state index contributed by atoms with van der Waals surface area (Å²) < 4.78 is 0. The van der Waals surface area contributed by atoms with E-state index in [1.54, 1.807) is 0 Å². The molecule has 0 saturated carbocycles. The van der Waals surface area contributed by atoms with E-state index >= 15 is 0 Å². The van der Waals surface area contributed by atoms with Crippen LogP contribution in [0.25, 0.3) is 22.3 Å². The van der Waals surface area contributed by atoms with E-state index in [4.69, 9.17) is 0 Å². The van der Waals surface area contributed by atoms with Gasteiger partial charge in [-0.1, -0.05) is 103 Å². The molecule has 1 fully saturated rings. The number of nitrogens with zero attached hydrogens (tertiary/aromatic N) is 1. The number of benzene rings is 4. The summed E-state index contributed by atoms with van der Waals surface area (Å²) in [6.45, 7) is 6.46. The van der Waals surface area contributed by atoms with Crippen LogP contribution in [0.5, 0.6) is 0 Å². The first-order valence-corrected chi connectivity index (χ1v) is 15.5. The fourth-order valence-corrected chi connectivity index (χ4v) is 8.16. The number of hydrogen-bond acceptors (Lipinski definition) is 2. The van der Waals surface area contributed by atoms with Gasteiger partial charge in [0.2, 0.25) is 5.91 Å². The highest BCUT2D eigenvalue weighted by molar-refractivity contribution is 5.90. The molecular weight excluding hydrogens is 500 g/mol. The van der Waals surface area contributed by atoms with Gasteiger partial charge in [0.25, 0.3) is 0 Å². The maximum absolute atomic E-state index is 14.6. The van der Waals surface area contributed by atoms with Crippen LogP contribution in [-0.4, -0.2) is 36.0 Å². The van der Waals surface area contributed by atoms with E-state index in [0.717, 1.165) is 13.0 Å². The number of fused-ring (bicyclic) bond motifs is 6. The van der Waals surface area contributed by atoms with Crippen molar-refractivity contribution in [1.82, 2.24) is 10.2 Å². The van der Waals surface area contributed by atoms with E-state index in [2.05, 4.69) is 121 Å². The second-order valence-corrected chi connectivity index (χ2v) is 12.3. The van der Waals surface area contributed by atoms with Gasteiger partial charge in [-0.15, -0.1) is 0 Å². The number of carbonyl (C=O) groups is 1. The average Bonchev–Trinajstić information content (AvgIpc) is 3.51. The molecule has 1 heterocycles. The average molecular weight is 541 g/mol. The zero-order valence-electron chi connectivity index (χ0n) is 24.2. The molecule has 1 saturated heterocycles. The second-order valence-electron chi connectivity index (χ2n) is 12.3. The molecule has 2 aliphatic carbocycles. The van der Waals surface area contributed by atoms with Crippen LogP contribution in [0.1, 0.15) is 73.6 Å². The Morgan fingerprint density at radius 3 is 1.49 bits per heavy atom. The molecule has 41 heavy (non-hydrogen) atoms. The van der Waals surface area contributed by atoms with Crippen LogP contribution in [0.2, 0.25) is 0 Å². The van der Waals surface area contributed by atoms with Crippen molar-refractivity contribution in [1.29, 1.82) is 0 Å². The van der Waals surface area contributed by atoms with Gasteiger partial charge in [0.1, 0.15) is 0 Å². The second kappa shape index (κ2) is 10.9. The maximum Gasteiger partial charge on any atom is 0.225 e. The first-order chi connectivity index (χ1) is 20.1. The minimum Gasteiger partial charge on any atom is -0.356 e. The van der Waals surface area contributed by atoms with Crippen LogP contribution in [0.3, 0.4) is 0 Å². The number of piperidine rings is 1. The van der Waals surface area contributed by atoms with Crippen molar-refractivity contribution in [2.75, 3.05) is 13.1 Å². The molecule has 2 atom stereocenters. The third-order valence-corrected chi connectivity index (χ3v) is 10.1. The summed E-state index contributed by atoms with van der Waals surface area (Å²) >= 11 is 0. The zero-order chi connectivity index (χ0) is 27.9. The fraction of sp³-hybridized carbons (Fsp3) is 0.342. The standard InChI is InChI=1S/C38H40N2O/c1-25-13-11-14-26(2)40(25)24-12-23-39-38(41)37(35-31-19-7-3-15-27(31)28-16-4-8-20-32(28)35)36-33-21-9-5-17-29(33)30-18-6-10-22-34(30)36/h3-10,15-22,25-26,35-37H,11-14,23-24H2,1-2H3,(H,39,41). The fourth-order valence-electron chi connectivity index (χ4n) is 8.16. The van der Waals surface area contributed by atoms with Crippen molar-refractivity contribution in [3.63, 3.8) is 0 Å². The first-order valence-electron chi connectivity index (χ1n) is 15.5. The lowest BCUT2D eigenvalue weighted by Gasteiger charge is -2.39. The Balaban J connectivity index is 1.26. The van der Waals surface area contributed by atoms with Crippen LogP contribution < -0.4 is 5.32 Å². The molecule has 0 aromatic heterocycles. The normalized spacial score (nSPS) is 20.0. The lowest BCUT2D eigenvalue weighted by atomic mass is 9.72. The highest BCUT2D eigenvalue weighted by Crippen LogP contribution is 2.56. The minimum atomic E-state index is -0.252.